The maximum absolute atomic E-state index is 11.2. The van der Waals surface area contributed by atoms with Gasteiger partial charge >= 0.3 is 5.97 Å². The average Bonchev–Trinajstić information content (AvgIpc) is 2.36. The van der Waals surface area contributed by atoms with Crippen LogP contribution in [0.25, 0.3) is 6.08 Å². The Balaban J connectivity index is 2.65. The van der Waals surface area contributed by atoms with Crippen molar-refractivity contribution in [3.05, 3.63) is 46.0 Å². The first-order chi connectivity index (χ1) is 8.52. The van der Waals surface area contributed by atoms with Crippen LogP contribution >= 0.6 is 0 Å². The molecule has 0 bridgehead atoms. The van der Waals surface area contributed by atoms with Crippen molar-refractivity contribution in [2.75, 3.05) is 0 Å². The van der Waals surface area contributed by atoms with Crippen molar-refractivity contribution < 1.29 is 14.5 Å². The van der Waals surface area contributed by atoms with Crippen LogP contribution in [-0.2, 0) is 9.53 Å². The summed E-state index contributed by atoms with van der Waals surface area (Å²) in [4.78, 5) is 21.1. The molecular formula is C12H10N2O4. The first kappa shape index (κ1) is 13.4. The molecule has 6 nitrogen and oxygen atoms in total. The second-order valence-electron chi connectivity index (χ2n) is 3.39. The first-order valence-corrected chi connectivity index (χ1v) is 5.05. The molecule has 0 saturated heterocycles. The number of nitro groups is 1. The molecule has 0 N–H and O–H groups in total. The third-order valence-electron chi connectivity index (χ3n) is 1.99. The zero-order valence-corrected chi connectivity index (χ0v) is 9.57. The topological polar surface area (TPSA) is 93.2 Å². The second-order valence-corrected chi connectivity index (χ2v) is 3.39. The second kappa shape index (κ2) is 6.15. The number of esters is 1. The zero-order valence-electron chi connectivity index (χ0n) is 9.57. The molecule has 0 fully saturated rings. The number of nitriles is 1. The molecule has 0 amide bonds. The monoisotopic (exact) mass is 246 g/mol. The van der Waals surface area contributed by atoms with Crippen molar-refractivity contribution in [2.45, 2.75) is 13.0 Å². The van der Waals surface area contributed by atoms with Crippen LogP contribution in [0.5, 0.6) is 0 Å². The van der Waals surface area contributed by atoms with Gasteiger partial charge in [0.25, 0.3) is 5.69 Å². The van der Waals surface area contributed by atoms with E-state index in [4.69, 9.17) is 5.26 Å². The van der Waals surface area contributed by atoms with Gasteiger partial charge in [-0.25, -0.2) is 4.79 Å². The lowest BCUT2D eigenvalue weighted by Crippen LogP contribution is -2.10. The van der Waals surface area contributed by atoms with Crippen molar-refractivity contribution in [1.82, 2.24) is 0 Å². The molecule has 0 aromatic heterocycles. The number of rotatable bonds is 4. The summed E-state index contributed by atoms with van der Waals surface area (Å²) in [5.74, 6) is -0.637. The summed E-state index contributed by atoms with van der Waals surface area (Å²) in [6.45, 7) is 1.46. The Morgan fingerprint density at radius 1 is 1.50 bits per heavy atom. The SMILES string of the molecule is C[C@H](C#N)OC(=O)/C=C/c1ccc([N+](=O)[O-])cc1. The fourth-order valence-electron chi connectivity index (χ4n) is 1.11. The van der Waals surface area contributed by atoms with E-state index in [1.165, 1.54) is 37.3 Å². The normalized spacial score (nSPS) is 11.8. The summed E-state index contributed by atoms with van der Waals surface area (Å²) in [5, 5.41) is 18.9. The van der Waals surface area contributed by atoms with E-state index < -0.39 is 17.0 Å². The molecule has 0 saturated carbocycles. The largest absolute Gasteiger partial charge is 0.444 e. The van der Waals surface area contributed by atoms with Crippen molar-refractivity contribution in [3.63, 3.8) is 0 Å². The van der Waals surface area contributed by atoms with Crippen LogP contribution in [-0.4, -0.2) is 17.0 Å². The molecule has 0 unspecified atom stereocenters. The summed E-state index contributed by atoms with van der Waals surface area (Å²) < 4.78 is 4.69. The van der Waals surface area contributed by atoms with Gasteiger partial charge in [-0.3, -0.25) is 10.1 Å². The molecule has 0 aliphatic carbocycles. The predicted octanol–water partition coefficient (Wildman–Crippen LogP) is 2.06. The third-order valence-corrected chi connectivity index (χ3v) is 1.99. The number of nitro benzene ring substituents is 1. The van der Waals surface area contributed by atoms with Gasteiger partial charge in [0.1, 0.15) is 6.07 Å². The minimum absolute atomic E-state index is 0.0205. The van der Waals surface area contributed by atoms with Gasteiger partial charge in [0.15, 0.2) is 6.10 Å². The van der Waals surface area contributed by atoms with Gasteiger partial charge in [-0.05, 0) is 30.7 Å². The van der Waals surface area contributed by atoms with Crippen LogP contribution in [0.3, 0.4) is 0 Å². The Kier molecular flexibility index (Phi) is 4.58. The van der Waals surface area contributed by atoms with Gasteiger partial charge in [0.05, 0.1) is 4.92 Å². The van der Waals surface area contributed by atoms with Crippen LogP contribution < -0.4 is 0 Å². The maximum atomic E-state index is 11.2. The fourth-order valence-corrected chi connectivity index (χ4v) is 1.11. The zero-order chi connectivity index (χ0) is 13.5. The van der Waals surface area contributed by atoms with Crippen LogP contribution in [0, 0.1) is 21.4 Å². The minimum Gasteiger partial charge on any atom is -0.444 e. The predicted molar refractivity (Wildman–Crippen MR) is 63.3 cm³/mol. The Morgan fingerprint density at radius 2 is 2.11 bits per heavy atom. The van der Waals surface area contributed by atoms with Crippen LogP contribution in [0.15, 0.2) is 30.3 Å². The number of carbonyl (C=O) groups excluding carboxylic acids is 1. The highest BCUT2D eigenvalue weighted by atomic mass is 16.6. The van der Waals surface area contributed by atoms with Crippen molar-refractivity contribution in [1.29, 1.82) is 5.26 Å². The molecule has 92 valence electrons. The van der Waals surface area contributed by atoms with E-state index in [0.29, 0.717) is 5.56 Å². The lowest BCUT2D eigenvalue weighted by molar-refractivity contribution is -0.384. The highest BCUT2D eigenvalue weighted by Gasteiger charge is 2.05. The number of carbonyl (C=O) groups is 1. The molecule has 0 spiro atoms. The maximum Gasteiger partial charge on any atom is 0.332 e. The van der Waals surface area contributed by atoms with Gasteiger partial charge in [-0.2, -0.15) is 5.26 Å². The van der Waals surface area contributed by atoms with E-state index in [-0.39, 0.29) is 5.69 Å². The molecule has 0 heterocycles. The van der Waals surface area contributed by atoms with E-state index >= 15 is 0 Å². The smallest absolute Gasteiger partial charge is 0.332 e. The summed E-state index contributed by atoms with van der Waals surface area (Å²) in [6.07, 6.45) is 1.81. The van der Waals surface area contributed by atoms with Gasteiger partial charge in [-0.15, -0.1) is 0 Å². The minimum atomic E-state index is -0.806. The lowest BCUT2D eigenvalue weighted by Gasteiger charge is -2.01. The Morgan fingerprint density at radius 3 is 2.61 bits per heavy atom. The van der Waals surface area contributed by atoms with Gasteiger partial charge in [0, 0.05) is 18.2 Å². The Bertz CT molecular complexity index is 514. The lowest BCUT2D eigenvalue weighted by atomic mass is 10.2. The van der Waals surface area contributed by atoms with Gasteiger partial charge in [0.2, 0.25) is 0 Å². The van der Waals surface area contributed by atoms with E-state index in [1.54, 1.807) is 6.07 Å². The Hall–Kier alpha value is -2.68. The van der Waals surface area contributed by atoms with E-state index in [1.807, 2.05) is 0 Å². The van der Waals surface area contributed by atoms with Crippen molar-refractivity contribution >= 4 is 17.7 Å². The number of non-ortho nitro benzene ring substituents is 1. The van der Waals surface area contributed by atoms with Crippen molar-refractivity contribution in [2.24, 2.45) is 0 Å². The number of benzene rings is 1. The van der Waals surface area contributed by atoms with E-state index in [0.717, 1.165) is 6.08 Å². The summed E-state index contributed by atoms with van der Waals surface area (Å²) >= 11 is 0. The first-order valence-electron chi connectivity index (χ1n) is 5.05. The number of hydrogen-bond donors (Lipinski definition) is 0. The standard InChI is InChI=1S/C12H10N2O4/c1-9(8-13)18-12(15)7-4-10-2-5-11(6-3-10)14(16)17/h2-7,9H,1H3/b7-4+/t9-/m1/s1. The molecule has 1 rings (SSSR count). The highest BCUT2D eigenvalue weighted by Crippen LogP contribution is 2.12. The van der Waals surface area contributed by atoms with Crippen LogP contribution in [0.4, 0.5) is 5.69 Å². The molecule has 0 radical (unpaired) electrons. The third kappa shape index (κ3) is 4.06. The van der Waals surface area contributed by atoms with Gasteiger partial charge in [-0.1, -0.05) is 0 Å². The van der Waals surface area contributed by atoms with E-state index in [2.05, 4.69) is 4.74 Å². The van der Waals surface area contributed by atoms with Crippen molar-refractivity contribution in [3.8, 4) is 6.07 Å². The molecule has 0 aliphatic rings. The summed E-state index contributed by atoms with van der Waals surface area (Å²) in [5.41, 5.74) is 0.606. The Labute approximate surface area is 103 Å². The number of nitrogens with zero attached hydrogens (tertiary/aromatic N) is 2. The van der Waals surface area contributed by atoms with Crippen LogP contribution in [0.2, 0.25) is 0 Å². The summed E-state index contributed by atoms with van der Waals surface area (Å²) in [6, 6.07) is 7.45. The summed E-state index contributed by atoms with van der Waals surface area (Å²) in [7, 11) is 0. The van der Waals surface area contributed by atoms with Crippen LogP contribution in [0.1, 0.15) is 12.5 Å². The molecule has 1 atom stereocenters. The highest BCUT2D eigenvalue weighted by molar-refractivity contribution is 5.87. The molecule has 1 aromatic carbocycles. The molecule has 0 aliphatic heterocycles. The molecule has 1 aromatic rings. The molecular weight excluding hydrogens is 236 g/mol. The fraction of sp³-hybridized carbons (Fsp3) is 0.167. The van der Waals surface area contributed by atoms with E-state index in [9.17, 15) is 14.9 Å². The molecule has 6 heteroatoms. The number of ether oxygens (including phenoxy) is 1. The quantitative estimate of drug-likeness (QED) is 0.351. The average molecular weight is 246 g/mol. The van der Waals surface area contributed by atoms with Gasteiger partial charge < -0.3 is 4.74 Å². The number of hydrogen-bond acceptors (Lipinski definition) is 5. The molecule has 18 heavy (non-hydrogen) atoms.